The summed E-state index contributed by atoms with van der Waals surface area (Å²) in [5.74, 6) is 0.505. The molecule has 0 amide bonds. The van der Waals surface area contributed by atoms with Gasteiger partial charge in [0.15, 0.2) is 5.82 Å². The van der Waals surface area contributed by atoms with E-state index < -0.39 is 0 Å². The molecule has 0 aliphatic carbocycles. The Morgan fingerprint density at radius 2 is 1.59 bits per heavy atom. The van der Waals surface area contributed by atoms with Crippen LogP contribution in [0.2, 0.25) is 0 Å². The van der Waals surface area contributed by atoms with Crippen LogP contribution in [0.4, 0.5) is 0 Å². The second-order valence-electron chi connectivity index (χ2n) is 7.00. The van der Waals surface area contributed by atoms with E-state index >= 15 is 0 Å². The average Bonchev–Trinajstić information content (AvgIpc) is 3.37. The van der Waals surface area contributed by atoms with Gasteiger partial charge in [0.05, 0.1) is 5.69 Å². The van der Waals surface area contributed by atoms with Crippen LogP contribution in [0.3, 0.4) is 0 Å². The van der Waals surface area contributed by atoms with E-state index in [-0.39, 0.29) is 5.56 Å². The number of hydrogen-bond donors (Lipinski definition) is 1. The molecule has 0 fully saturated rings. The number of fused-ring (bicyclic) bond motifs is 1. The normalized spacial score (nSPS) is 11.2. The zero-order valence-electron chi connectivity index (χ0n) is 15.9. The second kappa shape index (κ2) is 6.79. The maximum Gasteiger partial charge on any atom is 0.278 e. The van der Waals surface area contributed by atoms with Gasteiger partial charge < -0.3 is 0 Å². The number of aromatic amines is 1. The number of nitrogens with one attached hydrogen (secondary N) is 1. The van der Waals surface area contributed by atoms with Gasteiger partial charge in [-0.3, -0.25) is 9.89 Å². The van der Waals surface area contributed by atoms with Crippen molar-refractivity contribution in [2.75, 3.05) is 0 Å². The highest BCUT2D eigenvalue weighted by atomic mass is 32.1. The van der Waals surface area contributed by atoms with Crippen molar-refractivity contribution in [3.63, 3.8) is 0 Å². The molecule has 1 N–H and O–H groups in total. The van der Waals surface area contributed by atoms with Gasteiger partial charge in [0, 0.05) is 11.6 Å². The van der Waals surface area contributed by atoms with Crippen molar-refractivity contribution >= 4 is 21.7 Å². The van der Waals surface area contributed by atoms with Gasteiger partial charge in [-0.1, -0.05) is 59.7 Å². The predicted molar refractivity (Wildman–Crippen MR) is 116 cm³/mol. The SMILES string of the molecule is Cc1ccc(-c2cc(-n3cnc4c(-c5ccc(C)cc5)nsc4c3=O)n[nH]2)cc1. The molecule has 0 unspecified atom stereocenters. The van der Waals surface area contributed by atoms with Crippen LogP contribution in [-0.4, -0.2) is 24.1 Å². The summed E-state index contributed by atoms with van der Waals surface area (Å²) in [4.78, 5) is 17.6. The summed E-state index contributed by atoms with van der Waals surface area (Å²) in [5, 5.41) is 7.31. The Kier molecular flexibility index (Phi) is 4.10. The molecule has 5 aromatic rings. The van der Waals surface area contributed by atoms with E-state index in [1.165, 1.54) is 33.6 Å². The van der Waals surface area contributed by atoms with Gasteiger partial charge in [-0.25, -0.2) is 9.55 Å². The topological polar surface area (TPSA) is 76.5 Å². The van der Waals surface area contributed by atoms with Crippen LogP contribution in [-0.2, 0) is 0 Å². The molecule has 0 spiro atoms. The van der Waals surface area contributed by atoms with Crippen molar-refractivity contribution in [1.82, 2.24) is 24.1 Å². The molecule has 7 heteroatoms. The predicted octanol–water partition coefficient (Wildman–Crippen LogP) is 4.52. The van der Waals surface area contributed by atoms with E-state index in [1.54, 1.807) is 0 Å². The summed E-state index contributed by atoms with van der Waals surface area (Å²) >= 11 is 1.17. The maximum atomic E-state index is 13.1. The number of hydrogen-bond acceptors (Lipinski definition) is 5. The first-order valence-corrected chi connectivity index (χ1v) is 9.94. The highest BCUT2D eigenvalue weighted by Gasteiger charge is 2.16. The minimum Gasteiger partial charge on any atom is -0.276 e. The highest BCUT2D eigenvalue weighted by Crippen LogP contribution is 2.28. The molecule has 0 radical (unpaired) electrons. The average molecular weight is 399 g/mol. The number of nitrogens with zero attached hydrogens (tertiary/aromatic N) is 4. The third-order valence-electron chi connectivity index (χ3n) is 4.88. The van der Waals surface area contributed by atoms with Crippen LogP contribution in [0.25, 0.3) is 38.5 Å². The van der Waals surface area contributed by atoms with Crippen molar-refractivity contribution < 1.29 is 0 Å². The Hall–Kier alpha value is -3.58. The third-order valence-corrected chi connectivity index (χ3v) is 5.71. The van der Waals surface area contributed by atoms with Gasteiger partial charge in [0.25, 0.3) is 5.56 Å². The summed E-state index contributed by atoms with van der Waals surface area (Å²) in [6.07, 6.45) is 1.52. The molecular weight excluding hydrogens is 382 g/mol. The van der Waals surface area contributed by atoms with Crippen molar-refractivity contribution in [3.8, 4) is 28.3 Å². The lowest BCUT2D eigenvalue weighted by Crippen LogP contribution is -2.18. The Balaban J connectivity index is 1.57. The summed E-state index contributed by atoms with van der Waals surface area (Å²) in [6, 6.07) is 18.0. The van der Waals surface area contributed by atoms with Crippen molar-refractivity contribution in [2.45, 2.75) is 13.8 Å². The second-order valence-corrected chi connectivity index (χ2v) is 7.77. The van der Waals surface area contributed by atoms with Gasteiger partial charge in [-0.05, 0) is 30.9 Å². The van der Waals surface area contributed by atoms with E-state index in [0.29, 0.717) is 16.0 Å². The summed E-state index contributed by atoms with van der Waals surface area (Å²) in [7, 11) is 0. The number of rotatable bonds is 3. The van der Waals surface area contributed by atoms with Gasteiger partial charge in [-0.2, -0.15) is 9.47 Å². The summed E-state index contributed by atoms with van der Waals surface area (Å²) in [5.41, 5.74) is 6.35. The minimum atomic E-state index is -0.173. The van der Waals surface area contributed by atoms with Crippen molar-refractivity contribution in [3.05, 3.63) is 82.4 Å². The van der Waals surface area contributed by atoms with E-state index in [1.807, 2.05) is 68.4 Å². The third kappa shape index (κ3) is 3.05. The van der Waals surface area contributed by atoms with E-state index in [9.17, 15) is 4.79 Å². The molecule has 6 nitrogen and oxygen atoms in total. The summed E-state index contributed by atoms with van der Waals surface area (Å²) < 4.78 is 6.46. The molecule has 3 aromatic heterocycles. The summed E-state index contributed by atoms with van der Waals surface area (Å²) in [6.45, 7) is 4.08. The lowest BCUT2D eigenvalue weighted by molar-refractivity contribution is 0.904. The fraction of sp³-hybridized carbons (Fsp3) is 0.0909. The van der Waals surface area contributed by atoms with Crippen LogP contribution in [0.1, 0.15) is 11.1 Å². The molecule has 5 rings (SSSR count). The first kappa shape index (κ1) is 17.5. The molecule has 0 saturated carbocycles. The quantitative estimate of drug-likeness (QED) is 0.484. The van der Waals surface area contributed by atoms with Crippen LogP contribution in [0.15, 0.2) is 65.7 Å². The Bertz CT molecular complexity index is 1380. The van der Waals surface area contributed by atoms with Gasteiger partial charge in [-0.15, -0.1) is 0 Å². The maximum absolute atomic E-state index is 13.1. The van der Waals surface area contributed by atoms with Crippen LogP contribution in [0.5, 0.6) is 0 Å². The molecule has 0 atom stereocenters. The lowest BCUT2D eigenvalue weighted by Gasteiger charge is -2.01. The minimum absolute atomic E-state index is 0.173. The van der Waals surface area contributed by atoms with Crippen molar-refractivity contribution in [2.24, 2.45) is 0 Å². The van der Waals surface area contributed by atoms with Crippen LogP contribution >= 0.6 is 11.5 Å². The van der Waals surface area contributed by atoms with E-state index in [4.69, 9.17) is 0 Å². The molecule has 0 aliphatic rings. The number of aromatic nitrogens is 5. The number of H-pyrrole nitrogens is 1. The molecule has 29 heavy (non-hydrogen) atoms. The molecule has 0 aliphatic heterocycles. The molecule has 0 bridgehead atoms. The molecule has 142 valence electrons. The molecular formula is C22H17N5OS. The molecule has 3 heterocycles. The molecule has 0 saturated heterocycles. The Labute approximate surface area is 170 Å². The first-order chi connectivity index (χ1) is 14.1. The van der Waals surface area contributed by atoms with E-state index in [0.717, 1.165) is 22.5 Å². The zero-order chi connectivity index (χ0) is 20.0. The van der Waals surface area contributed by atoms with Gasteiger partial charge >= 0.3 is 0 Å². The number of aryl methyl sites for hydroxylation is 2. The zero-order valence-corrected chi connectivity index (χ0v) is 16.7. The monoisotopic (exact) mass is 399 g/mol. The van der Waals surface area contributed by atoms with Crippen LogP contribution in [0, 0.1) is 13.8 Å². The largest absolute Gasteiger partial charge is 0.278 e. The smallest absolute Gasteiger partial charge is 0.276 e. The Morgan fingerprint density at radius 1 is 0.931 bits per heavy atom. The molecule has 2 aromatic carbocycles. The fourth-order valence-electron chi connectivity index (χ4n) is 3.20. The van der Waals surface area contributed by atoms with Gasteiger partial charge in [0.2, 0.25) is 0 Å². The lowest BCUT2D eigenvalue weighted by atomic mass is 10.1. The van der Waals surface area contributed by atoms with Crippen LogP contribution < -0.4 is 5.56 Å². The van der Waals surface area contributed by atoms with Crippen molar-refractivity contribution in [1.29, 1.82) is 0 Å². The fourth-order valence-corrected chi connectivity index (χ4v) is 3.99. The highest BCUT2D eigenvalue weighted by molar-refractivity contribution is 7.13. The van der Waals surface area contributed by atoms with Gasteiger partial charge in [0.1, 0.15) is 22.2 Å². The van der Waals surface area contributed by atoms with E-state index in [2.05, 4.69) is 19.6 Å². The standard InChI is InChI=1S/C22H17N5OS/c1-13-3-7-15(8-4-13)17-11-18(25-24-17)27-12-23-20-19(26-29-21(20)22(27)28)16-9-5-14(2)6-10-16/h3-12H,1-2H3,(H,24,25). The number of benzene rings is 2. The Morgan fingerprint density at radius 3 is 2.28 bits per heavy atom. The first-order valence-electron chi connectivity index (χ1n) is 9.17.